The summed E-state index contributed by atoms with van der Waals surface area (Å²) in [5.74, 6) is -0.475. The van der Waals surface area contributed by atoms with Crippen LogP contribution in [0.25, 0.3) is 11.1 Å². The standard InChI is InChI=1S/C22H20F3NO3/c23-22(24,25)15-5-2-13(3-6-15)14-4-7-16-18(12-14)29-21(10-1-11-21)17(20(16)28)8-9-19(26)27/h2-7,12,17H,1,8-11H2,(H2,26,27). The number of ketones is 1. The molecule has 4 nitrogen and oxygen atoms in total. The van der Waals surface area contributed by atoms with Crippen LogP contribution in [-0.2, 0) is 11.0 Å². The van der Waals surface area contributed by atoms with Gasteiger partial charge in [-0.3, -0.25) is 9.59 Å². The third-order valence-electron chi connectivity index (χ3n) is 5.94. The molecule has 1 amide bonds. The Labute approximate surface area is 165 Å². The van der Waals surface area contributed by atoms with Crippen molar-refractivity contribution in [1.82, 2.24) is 0 Å². The molecule has 0 radical (unpaired) electrons. The lowest BCUT2D eigenvalue weighted by Gasteiger charge is -2.49. The normalized spacial score (nSPS) is 20.0. The van der Waals surface area contributed by atoms with Gasteiger partial charge in [-0.1, -0.05) is 18.2 Å². The summed E-state index contributed by atoms with van der Waals surface area (Å²) in [5.41, 5.74) is 5.65. The number of alkyl halides is 3. The van der Waals surface area contributed by atoms with Crippen LogP contribution >= 0.6 is 0 Å². The van der Waals surface area contributed by atoms with Crippen LogP contribution in [0.1, 0.15) is 48.0 Å². The van der Waals surface area contributed by atoms with Crippen LogP contribution in [0.5, 0.6) is 5.75 Å². The van der Waals surface area contributed by atoms with E-state index in [9.17, 15) is 22.8 Å². The molecule has 1 saturated carbocycles. The van der Waals surface area contributed by atoms with Crippen molar-refractivity contribution in [3.8, 4) is 16.9 Å². The smallest absolute Gasteiger partial charge is 0.416 e. The molecule has 29 heavy (non-hydrogen) atoms. The van der Waals surface area contributed by atoms with Gasteiger partial charge in [-0.15, -0.1) is 0 Å². The fraction of sp³-hybridized carbons (Fsp3) is 0.364. The Kier molecular flexibility index (Phi) is 4.63. The molecule has 2 aromatic rings. The lowest BCUT2D eigenvalue weighted by molar-refractivity contribution is -0.137. The summed E-state index contributed by atoms with van der Waals surface area (Å²) < 4.78 is 44.6. The molecule has 1 atom stereocenters. The molecule has 1 fully saturated rings. The van der Waals surface area contributed by atoms with Gasteiger partial charge in [-0.25, -0.2) is 0 Å². The van der Waals surface area contributed by atoms with Crippen LogP contribution < -0.4 is 10.5 Å². The van der Waals surface area contributed by atoms with Crippen LogP contribution in [-0.4, -0.2) is 17.3 Å². The number of fused-ring (bicyclic) bond motifs is 1. The first-order valence-corrected chi connectivity index (χ1v) is 9.53. The first-order valence-electron chi connectivity index (χ1n) is 9.53. The van der Waals surface area contributed by atoms with E-state index in [0.29, 0.717) is 28.9 Å². The summed E-state index contributed by atoms with van der Waals surface area (Å²) in [4.78, 5) is 24.3. The quantitative estimate of drug-likeness (QED) is 0.801. The van der Waals surface area contributed by atoms with Gasteiger partial charge in [0.05, 0.1) is 17.0 Å². The van der Waals surface area contributed by atoms with Crippen LogP contribution in [0, 0.1) is 5.92 Å². The van der Waals surface area contributed by atoms with E-state index in [1.54, 1.807) is 18.2 Å². The minimum absolute atomic E-state index is 0.0637. The number of carbonyl (C=O) groups excluding carboxylic acids is 2. The van der Waals surface area contributed by atoms with Gasteiger partial charge in [-0.2, -0.15) is 13.2 Å². The summed E-state index contributed by atoms with van der Waals surface area (Å²) in [6.07, 6.45) is -1.51. The molecule has 2 N–H and O–H groups in total. The Morgan fingerprint density at radius 1 is 1.10 bits per heavy atom. The number of halogens is 3. The summed E-state index contributed by atoms with van der Waals surface area (Å²) in [5, 5.41) is 0. The topological polar surface area (TPSA) is 69.4 Å². The second-order valence-electron chi connectivity index (χ2n) is 7.73. The zero-order chi connectivity index (χ0) is 20.8. The number of nitrogens with two attached hydrogens (primary N) is 1. The summed E-state index contributed by atoms with van der Waals surface area (Å²) in [6.45, 7) is 0. The number of Topliss-reactive ketones (excluding diaryl/α,β-unsaturated/α-hetero) is 1. The third-order valence-corrected chi connectivity index (χ3v) is 5.94. The average molecular weight is 403 g/mol. The van der Waals surface area contributed by atoms with E-state index >= 15 is 0 Å². The van der Waals surface area contributed by atoms with Crippen LogP contribution in [0.3, 0.4) is 0 Å². The van der Waals surface area contributed by atoms with Gasteiger partial charge in [0.15, 0.2) is 5.78 Å². The van der Waals surface area contributed by atoms with E-state index < -0.39 is 29.2 Å². The molecule has 1 aliphatic heterocycles. The molecular weight excluding hydrogens is 383 g/mol. The van der Waals surface area contributed by atoms with E-state index in [1.807, 2.05) is 0 Å². The molecule has 1 aliphatic carbocycles. The second-order valence-corrected chi connectivity index (χ2v) is 7.73. The Morgan fingerprint density at radius 2 is 1.76 bits per heavy atom. The molecule has 1 unspecified atom stereocenters. The highest BCUT2D eigenvalue weighted by atomic mass is 19.4. The van der Waals surface area contributed by atoms with Crippen LogP contribution in [0.2, 0.25) is 0 Å². The highest BCUT2D eigenvalue weighted by molar-refractivity contribution is 6.03. The molecule has 152 valence electrons. The van der Waals surface area contributed by atoms with Gasteiger partial charge >= 0.3 is 6.18 Å². The van der Waals surface area contributed by atoms with E-state index in [0.717, 1.165) is 31.4 Å². The molecule has 7 heteroatoms. The number of hydrogen-bond acceptors (Lipinski definition) is 3. The largest absolute Gasteiger partial charge is 0.486 e. The Balaban J connectivity index is 1.65. The predicted molar refractivity (Wildman–Crippen MR) is 100 cm³/mol. The average Bonchev–Trinajstić information content (AvgIpc) is 2.64. The van der Waals surface area contributed by atoms with Gasteiger partial charge in [-0.05, 0) is 61.1 Å². The maximum atomic E-state index is 13.1. The minimum atomic E-state index is -4.39. The number of primary amides is 1. The van der Waals surface area contributed by atoms with Gasteiger partial charge < -0.3 is 10.5 Å². The molecule has 0 bridgehead atoms. The monoisotopic (exact) mass is 403 g/mol. The van der Waals surface area contributed by atoms with Crippen molar-refractivity contribution in [1.29, 1.82) is 0 Å². The highest BCUT2D eigenvalue weighted by Crippen LogP contribution is 2.50. The van der Waals surface area contributed by atoms with E-state index in [-0.39, 0.29) is 12.2 Å². The van der Waals surface area contributed by atoms with E-state index in [2.05, 4.69) is 0 Å². The van der Waals surface area contributed by atoms with Crippen molar-refractivity contribution < 1.29 is 27.5 Å². The van der Waals surface area contributed by atoms with E-state index in [4.69, 9.17) is 10.5 Å². The number of rotatable bonds is 4. The SMILES string of the molecule is NC(=O)CCC1C(=O)c2ccc(-c3ccc(C(F)(F)F)cc3)cc2OC12CCC2. The molecule has 2 aromatic carbocycles. The second kappa shape index (κ2) is 6.90. The first kappa shape index (κ1) is 19.5. The van der Waals surface area contributed by atoms with Crippen LogP contribution in [0.4, 0.5) is 13.2 Å². The fourth-order valence-corrected chi connectivity index (χ4v) is 4.21. The number of hydrogen-bond donors (Lipinski definition) is 1. The zero-order valence-corrected chi connectivity index (χ0v) is 15.6. The number of benzene rings is 2. The Morgan fingerprint density at radius 3 is 2.31 bits per heavy atom. The van der Waals surface area contributed by atoms with Gasteiger partial charge in [0.25, 0.3) is 0 Å². The molecule has 0 saturated heterocycles. The van der Waals surface area contributed by atoms with Crippen molar-refractivity contribution in [2.45, 2.75) is 43.9 Å². The van der Waals surface area contributed by atoms with Crippen molar-refractivity contribution in [2.75, 3.05) is 0 Å². The van der Waals surface area contributed by atoms with Crippen molar-refractivity contribution >= 4 is 11.7 Å². The molecule has 2 aliphatic rings. The molecule has 1 heterocycles. The predicted octanol–water partition coefficient (Wildman–Crippen LogP) is 4.75. The van der Waals surface area contributed by atoms with Gasteiger partial charge in [0.2, 0.25) is 5.91 Å². The van der Waals surface area contributed by atoms with Crippen LogP contribution in [0.15, 0.2) is 42.5 Å². The zero-order valence-electron chi connectivity index (χ0n) is 15.6. The number of ether oxygens (including phenoxy) is 1. The molecule has 1 spiro atoms. The molecular formula is C22H20F3NO3. The lowest BCUT2D eigenvalue weighted by Crippen LogP contribution is -2.55. The molecule has 0 aromatic heterocycles. The Bertz CT molecular complexity index is 962. The van der Waals surface area contributed by atoms with E-state index in [1.165, 1.54) is 12.1 Å². The summed E-state index contributed by atoms with van der Waals surface area (Å²) in [6, 6.07) is 9.94. The number of amides is 1. The maximum Gasteiger partial charge on any atom is 0.416 e. The third kappa shape index (κ3) is 3.50. The summed E-state index contributed by atoms with van der Waals surface area (Å²) in [7, 11) is 0. The maximum absolute atomic E-state index is 13.1. The van der Waals surface area contributed by atoms with Crippen molar-refractivity contribution in [3.63, 3.8) is 0 Å². The Hall–Kier alpha value is -2.83. The first-order chi connectivity index (χ1) is 13.7. The van der Waals surface area contributed by atoms with Crippen molar-refractivity contribution in [3.05, 3.63) is 53.6 Å². The lowest BCUT2D eigenvalue weighted by atomic mass is 9.65. The highest BCUT2D eigenvalue weighted by Gasteiger charge is 2.53. The fourth-order valence-electron chi connectivity index (χ4n) is 4.21. The van der Waals surface area contributed by atoms with Gasteiger partial charge in [0, 0.05) is 6.42 Å². The summed E-state index contributed by atoms with van der Waals surface area (Å²) >= 11 is 0. The minimum Gasteiger partial charge on any atom is -0.486 e. The van der Waals surface area contributed by atoms with Crippen molar-refractivity contribution in [2.24, 2.45) is 11.7 Å². The number of carbonyl (C=O) groups is 2. The molecule has 4 rings (SSSR count). The van der Waals surface area contributed by atoms with Gasteiger partial charge in [0.1, 0.15) is 11.4 Å².